The highest BCUT2D eigenvalue weighted by Gasteiger charge is 2.30. The Labute approximate surface area is 212 Å². The fourth-order valence-corrected chi connectivity index (χ4v) is 6.54. The number of fused-ring (bicyclic) bond motifs is 2. The Morgan fingerprint density at radius 2 is 1.97 bits per heavy atom. The quantitative estimate of drug-likeness (QED) is 0.218. The first-order chi connectivity index (χ1) is 17.1. The van der Waals surface area contributed by atoms with Gasteiger partial charge in [0.05, 0.1) is 12.2 Å². The van der Waals surface area contributed by atoms with Crippen LogP contribution in [-0.4, -0.2) is 29.2 Å². The summed E-state index contributed by atoms with van der Waals surface area (Å²) in [6.07, 6.45) is 2.90. The van der Waals surface area contributed by atoms with E-state index in [1.807, 2.05) is 30.3 Å². The van der Waals surface area contributed by atoms with Gasteiger partial charge in [-0.05, 0) is 55.4 Å². The molecule has 8 heteroatoms. The Morgan fingerprint density at radius 3 is 2.77 bits per heavy atom. The molecule has 1 aliphatic carbocycles. The number of para-hydroxylation sites is 2. The number of benzene rings is 2. The van der Waals surface area contributed by atoms with E-state index in [9.17, 15) is 9.59 Å². The van der Waals surface area contributed by atoms with Gasteiger partial charge >= 0.3 is 5.97 Å². The van der Waals surface area contributed by atoms with Gasteiger partial charge in [0.15, 0.2) is 5.58 Å². The molecule has 0 radical (unpaired) electrons. The lowest BCUT2D eigenvalue weighted by Crippen LogP contribution is -2.17. The summed E-state index contributed by atoms with van der Waals surface area (Å²) in [5.41, 5.74) is 4.40. The summed E-state index contributed by atoms with van der Waals surface area (Å²) in [4.78, 5) is 31.2. The van der Waals surface area contributed by atoms with E-state index in [-0.39, 0.29) is 18.3 Å². The van der Waals surface area contributed by atoms with Crippen molar-refractivity contribution >= 4 is 51.1 Å². The number of thioether (sulfide) groups is 1. The Bertz CT molecular complexity index is 1310. The summed E-state index contributed by atoms with van der Waals surface area (Å²) in [5.74, 6) is 0.430. The van der Waals surface area contributed by atoms with Gasteiger partial charge in [0.2, 0.25) is 5.91 Å². The van der Waals surface area contributed by atoms with Crippen molar-refractivity contribution in [3.05, 3.63) is 76.2 Å². The van der Waals surface area contributed by atoms with Gasteiger partial charge < -0.3 is 14.5 Å². The molecule has 4 aromatic rings. The highest BCUT2D eigenvalue weighted by atomic mass is 32.2. The molecule has 1 amide bonds. The number of carbonyl (C=O) groups excluding carboxylic acids is 2. The standard InChI is InChI=1S/C27H26N2O4S2/c1-2-32-26(31)24-19-13-12-18(17-8-4-3-5-9-17)16-22(19)35-25(24)29-23(30)14-15-34-27-28-20-10-6-7-11-21(20)33-27/h3-11,18H,2,12-16H2,1H3,(H,29,30). The predicted octanol–water partition coefficient (Wildman–Crippen LogP) is 6.46. The number of hydrogen-bond donors (Lipinski definition) is 1. The molecule has 1 unspecified atom stereocenters. The van der Waals surface area contributed by atoms with E-state index in [1.165, 1.54) is 28.7 Å². The summed E-state index contributed by atoms with van der Waals surface area (Å²) >= 11 is 2.91. The van der Waals surface area contributed by atoms with Crippen LogP contribution in [-0.2, 0) is 22.4 Å². The van der Waals surface area contributed by atoms with E-state index in [0.717, 1.165) is 40.8 Å². The Hall–Kier alpha value is -3.10. The molecule has 180 valence electrons. The van der Waals surface area contributed by atoms with Crippen LogP contribution in [0.2, 0.25) is 0 Å². The zero-order chi connectivity index (χ0) is 24.2. The van der Waals surface area contributed by atoms with Gasteiger partial charge in [-0.25, -0.2) is 9.78 Å². The minimum atomic E-state index is -0.362. The highest BCUT2D eigenvalue weighted by Crippen LogP contribution is 2.43. The predicted molar refractivity (Wildman–Crippen MR) is 139 cm³/mol. The summed E-state index contributed by atoms with van der Waals surface area (Å²) in [6, 6.07) is 18.1. The van der Waals surface area contributed by atoms with E-state index in [2.05, 4.69) is 34.6 Å². The topological polar surface area (TPSA) is 81.4 Å². The average Bonchev–Trinajstić information content (AvgIpc) is 3.44. The van der Waals surface area contributed by atoms with Crippen molar-refractivity contribution in [1.29, 1.82) is 0 Å². The monoisotopic (exact) mass is 506 g/mol. The number of anilines is 1. The third kappa shape index (κ3) is 5.28. The number of nitrogens with zero attached hydrogens (tertiary/aromatic N) is 1. The van der Waals surface area contributed by atoms with Crippen molar-refractivity contribution in [3.63, 3.8) is 0 Å². The number of esters is 1. The molecule has 1 atom stereocenters. The molecule has 0 saturated carbocycles. The SMILES string of the molecule is CCOC(=O)c1c(NC(=O)CCSc2nc3ccccc3o2)sc2c1CCC(c1ccccc1)C2. The van der Waals surface area contributed by atoms with E-state index >= 15 is 0 Å². The molecule has 0 saturated heterocycles. The summed E-state index contributed by atoms with van der Waals surface area (Å²) in [6.45, 7) is 2.09. The smallest absolute Gasteiger partial charge is 0.341 e. The van der Waals surface area contributed by atoms with Crippen LogP contribution in [0.1, 0.15) is 52.0 Å². The van der Waals surface area contributed by atoms with Crippen LogP contribution in [0.5, 0.6) is 0 Å². The molecule has 2 aromatic heterocycles. The van der Waals surface area contributed by atoms with Crippen molar-refractivity contribution in [2.45, 2.75) is 43.7 Å². The van der Waals surface area contributed by atoms with Crippen LogP contribution in [0.3, 0.4) is 0 Å². The second-order valence-corrected chi connectivity index (χ2v) is 10.5. The van der Waals surface area contributed by atoms with Crippen LogP contribution in [0.25, 0.3) is 11.1 Å². The molecule has 35 heavy (non-hydrogen) atoms. The number of hydrogen-bond acceptors (Lipinski definition) is 7. The Morgan fingerprint density at radius 1 is 1.17 bits per heavy atom. The number of carbonyl (C=O) groups is 2. The average molecular weight is 507 g/mol. The molecule has 6 nitrogen and oxygen atoms in total. The first kappa shape index (κ1) is 23.6. The third-order valence-corrected chi connectivity index (χ3v) is 8.10. The first-order valence-electron chi connectivity index (χ1n) is 11.8. The lowest BCUT2D eigenvalue weighted by atomic mass is 9.83. The fraction of sp³-hybridized carbons (Fsp3) is 0.296. The molecule has 0 bridgehead atoms. The van der Waals surface area contributed by atoms with Crippen LogP contribution in [0.15, 0.2) is 64.2 Å². The van der Waals surface area contributed by atoms with E-state index < -0.39 is 0 Å². The number of thiophene rings is 1. The molecule has 5 rings (SSSR count). The number of amides is 1. The van der Waals surface area contributed by atoms with Gasteiger partial charge in [-0.15, -0.1) is 11.3 Å². The third-order valence-electron chi connectivity index (χ3n) is 6.10. The van der Waals surface area contributed by atoms with E-state index in [1.54, 1.807) is 6.92 Å². The van der Waals surface area contributed by atoms with Gasteiger partial charge in [-0.1, -0.05) is 54.2 Å². The maximum Gasteiger partial charge on any atom is 0.341 e. The first-order valence-corrected chi connectivity index (χ1v) is 13.6. The molecule has 1 N–H and O–H groups in total. The van der Waals surface area contributed by atoms with Crippen molar-refractivity contribution in [3.8, 4) is 0 Å². The minimum Gasteiger partial charge on any atom is -0.462 e. The maximum absolute atomic E-state index is 12.8. The van der Waals surface area contributed by atoms with Gasteiger partial charge in [0.1, 0.15) is 10.5 Å². The van der Waals surface area contributed by atoms with Gasteiger partial charge in [0, 0.05) is 17.1 Å². The number of oxazole rings is 1. The fourth-order valence-electron chi connectivity index (χ4n) is 4.44. The van der Waals surface area contributed by atoms with E-state index in [0.29, 0.717) is 34.1 Å². The van der Waals surface area contributed by atoms with Crippen molar-refractivity contribution in [2.75, 3.05) is 17.7 Å². The molecule has 0 aliphatic heterocycles. The molecular formula is C27H26N2O4S2. The number of nitrogens with one attached hydrogen (secondary N) is 1. The highest BCUT2D eigenvalue weighted by molar-refractivity contribution is 7.99. The summed E-state index contributed by atoms with van der Waals surface area (Å²) in [5, 5.41) is 4.13. The number of ether oxygens (including phenoxy) is 1. The van der Waals surface area contributed by atoms with Crippen LogP contribution < -0.4 is 5.32 Å². The van der Waals surface area contributed by atoms with Gasteiger partial charge in [-0.3, -0.25) is 4.79 Å². The molecular weight excluding hydrogens is 480 g/mol. The normalized spacial score (nSPS) is 15.1. The zero-order valence-corrected chi connectivity index (χ0v) is 21.0. The zero-order valence-electron chi connectivity index (χ0n) is 19.4. The van der Waals surface area contributed by atoms with Crippen molar-refractivity contribution < 1.29 is 18.7 Å². The Kier molecular flexibility index (Phi) is 7.20. The number of aromatic nitrogens is 1. The summed E-state index contributed by atoms with van der Waals surface area (Å²) in [7, 11) is 0. The van der Waals surface area contributed by atoms with Gasteiger partial charge in [-0.2, -0.15) is 0 Å². The minimum absolute atomic E-state index is 0.141. The molecule has 0 spiro atoms. The largest absolute Gasteiger partial charge is 0.462 e. The van der Waals surface area contributed by atoms with Crippen LogP contribution in [0, 0.1) is 0 Å². The van der Waals surface area contributed by atoms with Crippen LogP contribution in [0.4, 0.5) is 5.00 Å². The Balaban J connectivity index is 1.27. The summed E-state index contributed by atoms with van der Waals surface area (Å²) < 4.78 is 11.1. The maximum atomic E-state index is 12.8. The van der Waals surface area contributed by atoms with Gasteiger partial charge in [0.25, 0.3) is 5.22 Å². The van der Waals surface area contributed by atoms with E-state index in [4.69, 9.17) is 9.15 Å². The molecule has 2 heterocycles. The lowest BCUT2D eigenvalue weighted by molar-refractivity contribution is -0.115. The molecule has 1 aliphatic rings. The van der Waals surface area contributed by atoms with Crippen molar-refractivity contribution in [1.82, 2.24) is 4.98 Å². The van der Waals surface area contributed by atoms with Crippen LogP contribution >= 0.6 is 23.1 Å². The second kappa shape index (κ2) is 10.7. The molecule has 0 fully saturated rings. The van der Waals surface area contributed by atoms with Crippen molar-refractivity contribution in [2.24, 2.45) is 0 Å². The number of rotatable bonds is 8. The molecule has 2 aromatic carbocycles. The second-order valence-electron chi connectivity index (χ2n) is 8.37. The lowest BCUT2D eigenvalue weighted by Gasteiger charge is -2.23.